The number of rotatable bonds is 19. The van der Waals surface area contributed by atoms with Crippen molar-refractivity contribution in [3.05, 3.63) is 596 Å². The van der Waals surface area contributed by atoms with Gasteiger partial charge < -0.3 is 18.6 Å². The summed E-state index contributed by atoms with van der Waals surface area (Å²) in [6, 6.07) is 109. The largest absolute Gasteiger partial charge is 0.454 e. The molecule has 0 aliphatic heterocycles. The van der Waals surface area contributed by atoms with Gasteiger partial charge in [0.2, 0.25) is 0 Å². The molecule has 26 rings (SSSR count). The van der Waals surface area contributed by atoms with Crippen LogP contribution in [0.3, 0.4) is 0 Å². The monoisotopic (exact) mass is 1950 g/mol. The van der Waals surface area contributed by atoms with E-state index in [1.165, 1.54) is 0 Å². The van der Waals surface area contributed by atoms with Crippen LogP contribution in [-0.4, -0.2) is 0 Å². The first-order valence-electron chi connectivity index (χ1n) is 48.1. The minimum absolute atomic E-state index is 0.296. The molecule has 710 valence electrons. The van der Waals surface area contributed by atoms with Gasteiger partial charge in [-0.2, -0.15) is 0 Å². The molecule has 4 aliphatic rings. The van der Waals surface area contributed by atoms with E-state index < -0.39 is 103 Å². The maximum absolute atomic E-state index is 18.6. The summed E-state index contributed by atoms with van der Waals surface area (Å²) in [5.74, 6) is -14.5. The third-order valence-electron chi connectivity index (χ3n) is 30.8. The van der Waals surface area contributed by atoms with Crippen molar-refractivity contribution in [1.82, 2.24) is 0 Å². The van der Waals surface area contributed by atoms with Crippen LogP contribution >= 0.6 is 0 Å². The Labute approximate surface area is 841 Å². The fourth-order valence-electron chi connectivity index (χ4n) is 24.7. The molecule has 0 N–H and O–H groups in total. The van der Waals surface area contributed by atoms with E-state index in [1.807, 2.05) is 234 Å². The molecule has 0 saturated carbocycles. The highest BCUT2D eigenvalue weighted by molar-refractivity contribution is 6.13. The molecule has 0 amide bonds. The van der Waals surface area contributed by atoms with Crippen LogP contribution in [0.25, 0.3) is 124 Å². The van der Waals surface area contributed by atoms with Crippen LogP contribution in [0.1, 0.15) is 111 Å². The van der Waals surface area contributed by atoms with Crippen molar-refractivity contribution in [2.24, 2.45) is 0 Å². The predicted molar refractivity (Wildman–Crippen MR) is 565 cm³/mol. The lowest BCUT2D eigenvalue weighted by atomic mass is 9.66. The minimum atomic E-state index is -2.06. The number of halogens is 12. The summed E-state index contributed by atoms with van der Waals surface area (Å²) < 4.78 is 221. The van der Waals surface area contributed by atoms with Gasteiger partial charge in [0.25, 0.3) is 0 Å². The fraction of sp³-hybridized carbons (Fsp3) is 0.0303. The highest BCUT2D eigenvalue weighted by atomic mass is 19.2. The lowest BCUT2D eigenvalue weighted by Gasteiger charge is -2.36. The summed E-state index contributed by atoms with van der Waals surface area (Å²) in [5, 5.41) is 2.70. The lowest BCUT2D eigenvalue weighted by Crippen LogP contribution is -2.32. The summed E-state index contributed by atoms with van der Waals surface area (Å²) in [7, 11) is 0. The van der Waals surface area contributed by atoms with Gasteiger partial charge >= 0.3 is 0 Å². The van der Waals surface area contributed by atoms with Gasteiger partial charge in [0.1, 0.15) is 57.7 Å². The Kier molecular flexibility index (Phi) is 20.4. The topological polar surface area (TPSA) is 32.8 Å². The molecule has 22 aromatic rings. The fourth-order valence-corrected chi connectivity index (χ4v) is 24.7. The summed E-state index contributed by atoms with van der Waals surface area (Å²) in [6.45, 7) is 16.1. The van der Waals surface area contributed by atoms with Crippen molar-refractivity contribution < 1.29 is 61.5 Å². The van der Waals surface area contributed by atoms with E-state index in [2.05, 4.69) is 26.3 Å². The van der Waals surface area contributed by atoms with Crippen molar-refractivity contribution >= 4 is 102 Å². The van der Waals surface area contributed by atoms with E-state index in [9.17, 15) is 0 Å². The molecular weight excluding hydrogens is 1870 g/mol. The highest BCUT2D eigenvalue weighted by Gasteiger charge is 2.55. The smallest absolute Gasteiger partial charge is 0.163 e. The third-order valence-corrected chi connectivity index (χ3v) is 30.8. The van der Waals surface area contributed by atoms with Crippen molar-refractivity contribution in [1.29, 1.82) is 0 Å². The standard InChI is InChI=1S/C132H76F12N2O2/c1-5-73-31-41-79(42-32-73)129(111-61-83(133)67-117(141)125(111)143)103-25-13-9-19-91(103)95-55-49-87(69-107(95)129)145(88-50-56-96-92-20-10-14-26-104(92)130(108(96)70-88,80-43-33-74(6-2)34-44-80)112-62-84(134)68-118(142)126(112)144)120-29-18-24-102-100-54-40-78(60-122(100)148-128(102)120)77-39-53-94-98-58-52-90(72-110(98)132(106(94)59-77,82-47-37-76(8-4)38-48-82)124-115(139)65-86(136)66-116(124)140)146(119-28-17-23-101-99-22-12-16-30-121(99)147-127(101)119)89-51-57-97-93-21-11-15-27-105(93)131(109(97)71-89,81-45-35-75(7-3)36-46-81)123-113(137)63-85(135)64-114(123)138/h5-72H,1-4H2. The number of nitrogens with zero attached hydrogens (tertiary/aromatic N) is 2. The van der Waals surface area contributed by atoms with Gasteiger partial charge in [-0.3, -0.25) is 0 Å². The van der Waals surface area contributed by atoms with E-state index in [4.69, 9.17) is 8.83 Å². The minimum Gasteiger partial charge on any atom is -0.454 e. The molecule has 4 aliphatic carbocycles. The van der Waals surface area contributed by atoms with Crippen LogP contribution in [0.2, 0.25) is 0 Å². The molecule has 4 unspecified atom stereocenters. The third kappa shape index (κ3) is 12.8. The van der Waals surface area contributed by atoms with Gasteiger partial charge in [0.05, 0.1) is 33.0 Å². The van der Waals surface area contributed by atoms with Crippen LogP contribution in [0.5, 0.6) is 0 Å². The first kappa shape index (κ1) is 89.8. The van der Waals surface area contributed by atoms with Crippen LogP contribution in [0.15, 0.2) is 423 Å². The van der Waals surface area contributed by atoms with Crippen molar-refractivity contribution in [2.75, 3.05) is 9.80 Å². The molecule has 0 fully saturated rings. The van der Waals surface area contributed by atoms with Crippen LogP contribution in [-0.2, 0) is 21.7 Å². The lowest BCUT2D eigenvalue weighted by molar-refractivity contribution is 0.474. The second kappa shape index (κ2) is 33.7. The molecule has 0 bridgehead atoms. The summed E-state index contributed by atoms with van der Waals surface area (Å²) in [5.41, 5.74) is 8.68. The molecule has 2 heterocycles. The Morgan fingerprint density at radius 1 is 0.209 bits per heavy atom. The average Bonchev–Trinajstić information content (AvgIpc) is 1.54. The SMILES string of the molecule is C=Cc1ccc(C2(c3cc(F)cc(F)c3F)c3ccccc3-c3ccc(N(c4ccc5c(c4)C(c4ccc(C=C)cc4)(c4cc(F)cc(F)c4F)c4ccccc4-5)c4cccc5c4oc4cc(-c6ccc7c(c6)C(c6ccc(C=C)cc6)(c6c(F)cc(F)cc6F)c6cc(N(c8ccc9c(c8)C(c8ccc(C=C)cc8)(c8c(F)cc(F)cc8F)c8ccccc8-9)c8cccc9c8oc8ccccc89)ccc6-7)ccc45)cc32)cc1. The van der Waals surface area contributed by atoms with E-state index in [1.54, 1.807) is 140 Å². The van der Waals surface area contributed by atoms with E-state index >= 15 is 52.7 Å². The maximum Gasteiger partial charge on any atom is 0.163 e. The van der Waals surface area contributed by atoms with Crippen LogP contribution in [0, 0.1) is 69.8 Å². The predicted octanol–water partition coefficient (Wildman–Crippen LogP) is 35.8. The van der Waals surface area contributed by atoms with Gasteiger partial charge in [0.15, 0.2) is 34.4 Å². The normalized spacial score (nSPS) is 16.3. The zero-order valence-corrected chi connectivity index (χ0v) is 78.3. The average molecular weight is 1950 g/mol. The summed E-state index contributed by atoms with van der Waals surface area (Å²) in [6.07, 6.45) is 6.60. The molecule has 0 spiro atoms. The summed E-state index contributed by atoms with van der Waals surface area (Å²) in [4.78, 5) is 3.85. The molecule has 16 heteroatoms. The molecule has 4 atom stereocenters. The van der Waals surface area contributed by atoms with Crippen LogP contribution < -0.4 is 9.80 Å². The van der Waals surface area contributed by atoms with Crippen molar-refractivity contribution in [3.8, 4) is 55.6 Å². The van der Waals surface area contributed by atoms with Crippen molar-refractivity contribution in [2.45, 2.75) is 21.7 Å². The number of furan rings is 2. The summed E-state index contributed by atoms with van der Waals surface area (Å²) >= 11 is 0. The quantitative estimate of drug-likeness (QED) is 0.0597. The molecule has 0 saturated heterocycles. The van der Waals surface area contributed by atoms with Gasteiger partial charge in [0, 0.05) is 103 Å². The Bertz CT molecular complexity index is 9260. The second-order valence-corrected chi connectivity index (χ2v) is 38.0. The number of hydrogen-bond donors (Lipinski definition) is 0. The van der Waals surface area contributed by atoms with Gasteiger partial charge in [-0.1, -0.05) is 305 Å². The Morgan fingerprint density at radius 3 is 0.885 bits per heavy atom. The van der Waals surface area contributed by atoms with Gasteiger partial charge in [-0.15, -0.1) is 0 Å². The van der Waals surface area contributed by atoms with Crippen molar-refractivity contribution in [3.63, 3.8) is 0 Å². The van der Waals surface area contributed by atoms with Crippen LogP contribution in [0.4, 0.5) is 86.8 Å². The second-order valence-electron chi connectivity index (χ2n) is 38.0. The molecule has 4 nitrogen and oxygen atoms in total. The number of para-hydroxylation sites is 3. The Hall–Kier alpha value is -18.3. The van der Waals surface area contributed by atoms with Gasteiger partial charge in [-0.05, 0) is 242 Å². The molecule has 2 aromatic heterocycles. The zero-order valence-electron chi connectivity index (χ0n) is 78.3. The maximum atomic E-state index is 18.6. The first-order valence-corrected chi connectivity index (χ1v) is 48.1. The number of fused-ring (bicyclic) bond motifs is 18. The molecule has 0 radical (unpaired) electrons. The highest BCUT2D eigenvalue weighted by Crippen LogP contribution is 2.66. The van der Waals surface area contributed by atoms with Gasteiger partial charge in [-0.25, -0.2) is 52.7 Å². The Balaban J connectivity index is 0.692. The Morgan fingerprint density at radius 2 is 0.493 bits per heavy atom. The molecule has 20 aromatic carbocycles. The number of benzene rings is 20. The van der Waals surface area contributed by atoms with E-state index in [-0.39, 0.29) is 11.1 Å². The zero-order chi connectivity index (χ0) is 101. The van der Waals surface area contributed by atoms with E-state index in [0.29, 0.717) is 248 Å². The van der Waals surface area contributed by atoms with E-state index in [0.717, 1.165) is 22.9 Å². The number of anilines is 6. The molecule has 148 heavy (non-hydrogen) atoms. The number of hydrogen-bond acceptors (Lipinski definition) is 4. The molecular formula is C132H76F12N2O2. The first-order chi connectivity index (χ1) is 72.1.